The third-order valence-electron chi connectivity index (χ3n) is 11.7. The molecule has 230 valence electrons. The number of aryl methyl sites for hydroxylation is 2. The Morgan fingerprint density at radius 2 is 0.833 bits per heavy atom. The summed E-state index contributed by atoms with van der Waals surface area (Å²) in [5.74, 6) is 10.3. The molecular weight excluding hydrogens is 585 g/mol. The standard InChI is InChI=1S/C46H34O2/c1-27-21-22-28(2)43-39(27)40-29-13-5-9-17-33(29)45(43,34-18-10-6-14-30(34)40)25-26-46-35-19-11-7-15-31(35)41(32-16-8-12-20-36(32)46)42-37(47-3)23-24-38(48-4)44(42)46/h5-24,40-41H,1-4H3. The van der Waals surface area contributed by atoms with E-state index in [1.54, 1.807) is 14.2 Å². The van der Waals surface area contributed by atoms with Gasteiger partial charge in [0.25, 0.3) is 0 Å². The van der Waals surface area contributed by atoms with Crippen molar-refractivity contribution >= 4 is 0 Å². The summed E-state index contributed by atoms with van der Waals surface area (Å²) in [4.78, 5) is 0. The van der Waals surface area contributed by atoms with Crippen LogP contribution in [-0.4, -0.2) is 14.2 Å². The van der Waals surface area contributed by atoms with E-state index in [2.05, 4.69) is 147 Å². The normalized spacial score (nSPS) is 22.6. The molecule has 6 aromatic carbocycles. The first-order valence-electron chi connectivity index (χ1n) is 16.8. The van der Waals surface area contributed by atoms with Gasteiger partial charge in [0.2, 0.25) is 0 Å². The second-order valence-corrected chi connectivity index (χ2v) is 13.7. The van der Waals surface area contributed by atoms with Gasteiger partial charge in [-0.2, -0.15) is 0 Å². The lowest BCUT2D eigenvalue weighted by atomic mass is 9.50. The Morgan fingerprint density at radius 3 is 1.31 bits per heavy atom. The predicted molar refractivity (Wildman–Crippen MR) is 191 cm³/mol. The third kappa shape index (κ3) is 3.06. The van der Waals surface area contributed by atoms with Crippen LogP contribution < -0.4 is 9.47 Å². The lowest BCUT2D eigenvalue weighted by molar-refractivity contribution is 0.385. The summed E-state index contributed by atoms with van der Waals surface area (Å²) in [5, 5.41) is 0. The SMILES string of the molecule is COc1ccc(OC)c2c1C1c3ccccc3C2(C#CC23c4ccccc4C(c4ccccc42)c2c(C)ccc(C)c23)c2ccccc21. The van der Waals surface area contributed by atoms with Gasteiger partial charge in [0.1, 0.15) is 22.3 Å². The number of benzene rings is 6. The number of ether oxygens (including phenoxy) is 2. The second-order valence-electron chi connectivity index (χ2n) is 13.7. The van der Waals surface area contributed by atoms with E-state index in [9.17, 15) is 0 Å². The number of hydrogen-bond donors (Lipinski definition) is 0. The molecule has 0 radical (unpaired) electrons. The molecular formula is C46H34O2. The number of hydrogen-bond acceptors (Lipinski definition) is 2. The predicted octanol–water partition coefficient (Wildman–Crippen LogP) is 9.31. The fraction of sp³-hybridized carbons (Fsp3) is 0.174. The Hall–Kier alpha value is -5.52. The smallest absolute Gasteiger partial charge is 0.124 e. The average molecular weight is 619 g/mol. The van der Waals surface area contributed by atoms with Gasteiger partial charge < -0.3 is 9.47 Å². The van der Waals surface area contributed by atoms with Gasteiger partial charge in [0.05, 0.1) is 14.2 Å². The van der Waals surface area contributed by atoms with Crippen molar-refractivity contribution in [1.29, 1.82) is 0 Å². The molecule has 12 rings (SSSR count). The molecule has 0 fully saturated rings. The maximum absolute atomic E-state index is 6.25. The van der Waals surface area contributed by atoms with Crippen LogP contribution in [0.3, 0.4) is 0 Å². The zero-order valence-corrected chi connectivity index (χ0v) is 27.5. The summed E-state index contributed by atoms with van der Waals surface area (Å²) < 4.78 is 12.4. The van der Waals surface area contributed by atoms with Crippen molar-refractivity contribution in [2.24, 2.45) is 0 Å². The van der Waals surface area contributed by atoms with Gasteiger partial charge in [-0.3, -0.25) is 0 Å². The molecule has 2 heteroatoms. The largest absolute Gasteiger partial charge is 0.496 e. The van der Waals surface area contributed by atoms with E-state index >= 15 is 0 Å². The summed E-state index contributed by atoms with van der Waals surface area (Å²) in [6.45, 7) is 4.54. The molecule has 2 nitrogen and oxygen atoms in total. The van der Waals surface area contributed by atoms with Crippen LogP contribution >= 0.6 is 0 Å². The van der Waals surface area contributed by atoms with Crippen LogP contribution in [-0.2, 0) is 10.8 Å². The maximum atomic E-state index is 6.25. The van der Waals surface area contributed by atoms with Crippen LogP contribution in [0.2, 0.25) is 0 Å². The molecule has 0 amide bonds. The Balaban J connectivity index is 1.41. The van der Waals surface area contributed by atoms with Crippen LogP contribution in [0, 0.1) is 25.7 Å². The molecule has 0 saturated carbocycles. The summed E-state index contributed by atoms with van der Waals surface area (Å²) in [7, 11) is 3.55. The average Bonchev–Trinajstić information content (AvgIpc) is 3.15. The number of methoxy groups -OCH3 is 2. The molecule has 6 aliphatic rings. The molecule has 0 aromatic heterocycles. The van der Waals surface area contributed by atoms with Crippen LogP contribution in [0.4, 0.5) is 0 Å². The topological polar surface area (TPSA) is 18.5 Å². The van der Waals surface area contributed by atoms with Gasteiger partial charge in [-0.15, -0.1) is 0 Å². The minimum absolute atomic E-state index is 0.0245. The van der Waals surface area contributed by atoms with Crippen LogP contribution in [0.1, 0.15) is 89.7 Å². The summed E-state index contributed by atoms with van der Waals surface area (Å²) in [6, 6.07) is 44.6. The number of rotatable bonds is 2. The highest BCUT2D eigenvalue weighted by Crippen LogP contribution is 2.64. The Morgan fingerprint density at radius 1 is 0.438 bits per heavy atom. The highest BCUT2D eigenvalue weighted by molar-refractivity contribution is 5.82. The summed E-state index contributed by atoms with van der Waals surface area (Å²) >= 11 is 0. The Labute approximate surface area is 282 Å². The highest BCUT2D eigenvalue weighted by Gasteiger charge is 2.56. The van der Waals surface area contributed by atoms with Crippen molar-refractivity contribution in [3.63, 3.8) is 0 Å². The highest BCUT2D eigenvalue weighted by atomic mass is 16.5. The first kappa shape index (κ1) is 27.6. The van der Waals surface area contributed by atoms with Crippen LogP contribution in [0.15, 0.2) is 121 Å². The van der Waals surface area contributed by atoms with Crippen molar-refractivity contribution < 1.29 is 9.47 Å². The maximum Gasteiger partial charge on any atom is 0.124 e. The lowest BCUT2D eigenvalue weighted by Gasteiger charge is -2.51. The van der Waals surface area contributed by atoms with Gasteiger partial charge >= 0.3 is 0 Å². The van der Waals surface area contributed by atoms with Crippen molar-refractivity contribution in [2.75, 3.05) is 14.2 Å². The first-order valence-corrected chi connectivity index (χ1v) is 16.8. The molecule has 6 aromatic rings. The molecule has 0 unspecified atom stereocenters. The van der Waals surface area contributed by atoms with Crippen molar-refractivity contribution in [3.8, 4) is 23.3 Å². The molecule has 4 bridgehead atoms. The third-order valence-corrected chi connectivity index (χ3v) is 11.7. The van der Waals surface area contributed by atoms with Gasteiger partial charge in [-0.05, 0) is 92.7 Å². The Bertz CT molecular complexity index is 2340. The summed E-state index contributed by atoms with van der Waals surface area (Å²) in [6.07, 6.45) is 0. The van der Waals surface area contributed by atoms with Gasteiger partial charge in [-0.1, -0.05) is 121 Å². The Kier molecular flexibility index (Phi) is 5.47. The summed E-state index contributed by atoms with van der Waals surface area (Å²) in [5.41, 5.74) is 16.5. The first-order chi connectivity index (χ1) is 23.6. The van der Waals surface area contributed by atoms with Crippen molar-refractivity contribution in [1.82, 2.24) is 0 Å². The van der Waals surface area contributed by atoms with Gasteiger partial charge in [-0.25, -0.2) is 0 Å². The van der Waals surface area contributed by atoms with Gasteiger partial charge in [0, 0.05) is 23.0 Å². The van der Waals surface area contributed by atoms with Crippen molar-refractivity contribution in [3.05, 3.63) is 199 Å². The van der Waals surface area contributed by atoms with E-state index < -0.39 is 10.8 Å². The van der Waals surface area contributed by atoms with Crippen LogP contribution in [0.5, 0.6) is 11.5 Å². The molecule has 0 saturated heterocycles. The zero-order chi connectivity index (χ0) is 32.4. The molecule has 0 aliphatic heterocycles. The minimum atomic E-state index is -0.790. The van der Waals surface area contributed by atoms with E-state index in [1.807, 2.05) is 0 Å². The molecule has 0 spiro atoms. The fourth-order valence-corrected chi connectivity index (χ4v) is 10.0. The van der Waals surface area contributed by atoms with Gasteiger partial charge in [0.15, 0.2) is 0 Å². The van der Waals surface area contributed by atoms with E-state index in [1.165, 1.54) is 66.8 Å². The molecule has 0 atom stereocenters. The fourth-order valence-electron chi connectivity index (χ4n) is 10.0. The monoisotopic (exact) mass is 618 g/mol. The van der Waals surface area contributed by atoms with E-state index in [4.69, 9.17) is 9.47 Å². The van der Waals surface area contributed by atoms with E-state index in [0.717, 1.165) is 22.6 Å². The molecule has 0 heterocycles. The van der Waals surface area contributed by atoms with E-state index in [0.29, 0.717) is 0 Å². The molecule has 0 N–H and O–H groups in total. The van der Waals surface area contributed by atoms with Crippen molar-refractivity contribution in [2.45, 2.75) is 36.5 Å². The lowest BCUT2D eigenvalue weighted by Crippen LogP contribution is -2.44. The second kappa shape index (κ2) is 9.52. The quantitative estimate of drug-likeness (QED) is 0.180. The molecule has 48 heavy (non-hydrogen) atoms. The van der Waals surface area contributed by atoms with E-state index in [-0.39, 0.29) is 11.8 Å². The molecule has 6 aliphatic carbocycles. The minimum Gasteiger partial charge on any atom is -0.496 e. The van der Waals surface area contributed by atoms with Crippen LogP contribution in [0.25, 0.3) is 0 Å². The zero-order valence-electron chi connectivity index (χ0n) is 27.5.